The van der Waals surface area contributed by atoms with Gasteiger partial charge in [0.1, 0.15) is 0 Å². The van der Waals surface area contributed by atoms with Crippen LogP contribution >= 0.6 is 0 Å². The van der Waals surface area contributed by atoms with Crippen LogP contribution in [0.4, 0.5) is 5.69 Å². The molecule has 2 aromatic heterocycles. The monoisotopic (exact) mass is 267 g/mol. The van der Waals surface area contributed by atoms with Gasteiger partial charge in [-0.2, -0.15) is 13.5 Å². The second-order valence-corrected chi connectivity index (χ2v) is 5.29. The molecule has 18 heavy (non-hydrogen) atoms. The molecule has 0 saturated carbocycles. The predicted octanol–water partition coefficient (Wildman–Crippen LogP) is 0.373. The Kier molecular flexibility index (Phi) is 3.30. The summed E-state index contributed by atoms with van der Waals surface area (Å²) < 4.78 is 26.7. The molecular weight excluding hydrogens is 254 g/mol. The summed E-state index contributed by atoms with van der Waals surface area (Å²) in [5.41, 5.74) is 6.90. The van der Waals surface area contributed by atoms with Gasteiger partial charge in [0.2, 0.25) is 0 Å². The van der Waals surface area contributed by atoms with Crippen molar-refractivity contribution >= 4 is 15.7 Å². The number of pyridine rings is 1. The first-order valence-corrected chi connectivity index (χ1v) is 6.69. The van der Waals surface area contributed by atoms with Gasteiger partial charge in [-0.15, -0.1) is 0 Å². The van der Waals surface area contributed by atoms with Gasteiger partial charge in [0.15, 0.2) is 5.03 Å². The molecule has 0 radical (unpaired) electrons. The summed E-state index contributed by atoms with van der Waals surface area (Å²) in [7, 11) is -3.72. The molecule has 0 amide bonds. The topological polar surface area (TPSA) is 114 Å². The van der Waals surface area contributed by atoms with E-state index >= 15 is 0 Å². The first-order chi connectivity index (χ1) is 8.54. The smallest absolute Gasteiger partial charge is 0.279 e. The Morgan fingerprint density at radius 1 is 1.50 bits per heavy atom. The summed E-state index contributed by atoms with van der Waals surface area (Å²) in [4.78, 5) is 4.01. The van der Waals surface area contributed by atoms with Crippen LogP contribution in [0.25, 0.3) is 0 Å². The van der Waals surface area contributed by atoms with Crippen molar-refractivity contribution in [2.24, 2.45) is 5.73 Å². The van der Waals surface area contributed by atoms with Crippen LogP contribution in [0.1, 0.15) is 11.3 Å². The van der Waals surface area contributed by atoms with Crippen molar-refractivity contribution in [2.45, 2.75) is 18.5 Å². The first kappa shape index (κ1) is 12.5. The summed E-state index contributed by atoms with van der Waals surface area (Å²) in [6.45, 7) is 1.81. The highest BCUT2D eigenvalue weighted by Gasteiger charge is 2.20. The number of nitrogens with one attached hydrogen (secondary N) is 2. The number of nitrogens with zero attached hydrogens (tertiary/aromatic N) is 2. The Bertz CT molecular complexity index is 650. The number of rotatable bonds is 4. The summed E-state index contributed by atoms with van der Waals surface area (Å²) >= 11 is 0. The van der Waals surface area contributed by atoms with Gasteiger partial charge in [0.05, 0.1) is 17.6 Å². The Balaban J connectivity index is 2.37. The fourth-order valence-electron chi connectivity index (χ4n) is 1.47. The zero-order valence-corrected chi connectivity index (χ0v) is 10.5. The van der Waals surface area contributed by atoms with Crippen molar-refractivity contribution in [1.82, 2.24) is 15.2 Å². The number of hydrogen-bond donors (Lipinski definition) is 3. The highest BCUT2D eigenvalue weighted by atomic mass is 32.2. The van der Waals surface area contributed by atoms with Crippen molar-refractivity contribution < 1.29 is 8.42 Å². The minimum atomic E-state index is -3.72. The molecule has 96 valence electrons. The normalized spacial score (nSPS) is 11.4. The van der Waals surface area contributed by atoms with E-state index in [0.717, 1.165) is 0 Å². The first-order valence-electron chi connectivity index (χ1n) is 5.21. The standard InChI is InChI=1S/C10H13N5O2S/c1-7-9(3-2-4-12-7)15-18(16,17)10-8(5-11)6-13-14-10/h2-4,6,15H,5,11H2,1H3,(H,13,14). The molecule has 0 unspecified atom stereocenters. The highest BCUT2D eigenvalue weighted by molar-refractivity contribution is 7.92. The van der Waals surface area contributed by atoms with Gasteiger partial charge in [-0.1, -0.05) is 0 Å². The largest absolute Gasteiger partial charge is 0.326 e. The Hall–Kier alpha value is -1.93. The van der Waals surface area contributed by atoms with Crippen LogP contribution in [0.2, 0.25) is 0 Å². The van der Waals surface area contributed by atoms with Crippen LogP contribution in [0.3, 0.4) is 0 Å². The molecule has 0 bridgehead atoms. The van der Waals surface area contributed by atoms with Crippen molar-refractivity contribution in [3.8, 4) is 0 Å². The van der Waals surface area contributed by atoms with Crippen LogP contribution < -0.4 is 10.5 Å². The zero-order valence-electron chi connectivity index (χ0n) is 9.71. The van der Waals surface area contributed by atoms with E-state index < -0.39 is 10.0 Å². The number of nitrogens with two attached hydrogens (primary N) is 1. The van der Waals surface area contributed by atoms with E-state index in [1.165, 1.54) is 6.20 Å². The Labute approximate surface area is 104 Å². The number of hydrogen-bond acceptors (Lipinski definition) is 5. The fraction of sp³-hybridized carbons (Fsp3) is 0.200. The molecule has 2 rings (SSSR count). The van der Waals surface area contributed by atoms with Crippen LogP contribution in [0, 0.1) is 6.92 Å². The Morgan fingerprint density at radius 3 is 2.94 bits per heavy atom. The molecule has 4 N–H and O–H groups in total. The second-order valence-electron chi connectivity index (χ2n) is 3.67. The molecule has 0 aliphatic rings. The zero-order chi connectivity index (χ0) is 13.2. The van der Waals surface area contributed by atoms with E-state index in [-0.39, 0.29) is 11.6 Å². The molecule has 0 fully saturated rings. The maximum Gasteiger partial charge on any atom is 0.279 e. The van der Waals surface area contributed by atoms with Gasteiger partial charge in [-0.3, -0.25) is 14.8 Å². The average Bonchev–Trinajstić information content (AvgIpc) is 2.81. The molecule has 0 atom stereocenters. The van der Waals surface area contributed by atoms with E-state index in [2.05, 4.69) is 19.9 Å². The maximum atomic E-state index is 12.1. The van der Waals surface area contributed by atoms with Gasteiger partial charge in [-0.25, -0.2) is 0 Å². The van der Waals surface area contributed by atoms with E-state index in [9.17, 15) is 8.42 Å². The van der Waals surface area contributed by atoms with Crippen molar-refractivity contribution in [3.63, 3.8) is 0 Å². The summed E-state index contributed by atoms with van der Waals surface area (Å²) in [5.74, 6) is 0. The lowest BCUT2D eigenvalue weighted by molar-refractivity contribution is 0.595. The fourth-order valence-corrected chi connectivity index (χ4v) is 2.73. The number of H-pyrrole nitrogens is 1. The third-order valence-corrected chi connectivity index (χ3v) is 3.80. The van der Waals surface area contributed by atoms with Gasteiger partial charge >= 0.3 is 0 Å². The third-order valence-electron chi connectivity index (χ3n) is 2.42. The minimum Gasteiger partial charge on any atom is -0.326 e. The second kappa shape index (κ2) is 4.75. The molecule has 2 heterocycles. The molecule has 0 aliphatic heterocycles. The van der Waals surface area contributed by atoms with Gasteiger partial charge in [0.25, 0.3) is 10.0 Å². The molecule has 2 aromatic rings. The van der Waals surface area contributed by atoms with Gasteiger partial charge < -0.3 is 5.73 Å². The van der Waals surface area contributed by atoms with Crippen LogP contribution in [-0.4, -0.2) is 23.6 Å². The molecular formula is C10H13N5O2S. The Morgan fingerprint density at radius 2 is 2.28 bits per heavy atom. The maximum absolute atomic E-state index is 12.1. The van der Waals surface area contributed by atoms with E-state index in [1.54, 1.807) is 25.3 Å². The molecule has 8 heteroatoms. The lowest BCUT2D eigenvalue weighted by Gasteiger charge is -2.09. The third kappa shape index (κ3) is 2.34. The van der Waals surface area contributed by atoms with Gasteiger partial charge in [0, 0.05) is 18.3 Å². The lowest BCUT2D eigenvalue weighted by Crippen LogP contribution is -2.17. The van der Waals surface area contributed by atoms with E-state index in [0.29, 0.717) is 16.9 Å². The molecule has 0 spiro atoms. The quantitative estimate of drug-likeness (QED) is 0.740. The van der Waals surface area contributed by atoms with Crippen LogP contribution in [0.15, 0.2) is 29.6 Å². The molecule has 7 nitrogen and oxygen atoms in total. The highest BCUT2D eigenvalue weighted by Crippen LogP contribution is 2.18. The molecule has 0 aromatic carbocycles. The summed E-state index contributed by atoms with van der Waals surface area (Å²) in [5, 5.41) is 6.10. The average molecular weight is 267 g/mol. The minimum absolute atomic E-state index is 0.0201. The number of aromatic nitrogens is 3. The number of sulfonamides is 1. The van der Waals surface area contributed by atoms with E-state index in [4.69, 9.17) is 5.73 Å². The van der Waals surface area contributed by atoms with Crippen LogP contribution in [0.5, 0.6) is 0 Å². The molecule has 0 saturated heterocycles. The van der Waals surface area contributed by atoms with Crippen molar-refractivity contribution in [2.75, 3.05) is 4.72 Å². The van der Waals surface area contributed by atoms with Crippen molar-refractivity contribution in [1.29, 1.82) is 0 Å². The number of aryl methyl sites for hydroxylation is 1. The van der Waals surface area contributed by atoms with Crippen LogP contribution in [-0.2, 0) is 16.6 Å². The summed E-state index contributed by atoms with van der Waals surface area (Å²) in [6.07, 6.45) is 2.99. The molecule has 0 aliphatic carbocycles. The number of aromatic amines is 1. The SMILES string of the molecule is Cc1ncccc1NS(=O)(=O)c1[nH]ncc1CN. The predicted molar refractivity (Wildman–Crippen MR) is 66.3 cm³/mol. The lowest BCUT2D eigenvalue weighted by atomic mass is 10.3. The van der Waals surface area contributed by atoms with E-state index in [1.807, 2.05) is 0 Å². The summed E-state index contributed by atoms with van der Waals surface area (Å²) in [6, 6.07) is 3.29. The van der Waals surface area contributed by atoms with Crippen molar-refractivity contribution in [3.05, 3.63) is 35.8 Å². The number of anilines is 1. The van der Waals surface area contributed by atoms with Gasteiger partial charge in [-0.05, 0) is 19.1 Å².